The van der Waals surface area contributed by atoms with Crippen LogP contribution in [0.3, 0.4) is 0 Å². The summed E-state index contributed by atoms with van der Waals surface area (Å²) < 4.78 is 5.33. The maximum Gasteiger partial charge on any atom is 0.234 e. The molecule has 1 N–H and O–H groups in total. The lowest BCUT2D eigenvalue weighted by Gasteiger charge is -2.19. The Bertz CT molecular complexity index is 802. The van der Waals surface area contributed by atoms with Crippen molar-refractivity contribution >= 4 is 34.2 Å². The van der Waals surface area contributed by atoms with Crippen LogP contribution in [-0.2, 0) is 4.79 Å². The Labute approximate surface area is 164 Å². The number of anilines is 1. The fourth-order valence-electron chi connectivity index (χ4n) is 2.95. The second-order valence-corrected chi connectivity index (χ2v) is 7.41. The number of thioether (sulfide) groups is 1. The third-order valence-corrected chi connectivity index (χ3v) is 5.33. The molecule has 2 aromatic carbocycles. The van der Waals surface area contributed by atoms with E-state index in [1.165, 1.54) is 24.6 Å². The first-order valence-corrected chi connectivity index (χ1v) is 10.1. The molecule has 6 heteroatoms. The second kappa shape index (κ2) is 9.46. The lowest BCUT2D eigenvalue weighted by Crippen LogP contribution is -2.27. The van der Waals surface area contributed by atoms with Crippen molar-refractivity contribution in [2.45, 2.75) is 19.8 Å². The molecule has 1 fully saturated rings. The van der Waals surface area contributed by atoms with Crippen LogP contribution in [0, 0.1) is 6.92 Å². The van der Waals surface area contributed by atoms with Gasteiger partial charge in [-0.15, -0.1) is 0 Å². The van der Waals surface area contributed by atoms with Crippen molar-refractivity contribution in [1.82, 2.24) is 4.90 Å². The van der Waals surface area contributed by atoms with Crippen LogP contribution in [-0.4, -0.2) is 41.9 Å². The molecule has 0 atom stereocenters. The molecule has 0 radical (unpaired) electrons. The number of aryl methyl sites for hydroxylation is 1. The lowest BCUT2D eigenvalue weighted by atomic mass is 10.2. The Hall–Kier alpha value is -2.47. The highest BCUT2D eigenvalue weighted by molar-refractivity contribution is 8.14. The molecule has 0 aliphatic carbocycles. The molecule has 27 heavy (non-hydrogen) atoms. The number of ether oxygens (including phenoxy) is 1. The summed E-state index contributed by atoms with van der Waals surface area (Å²) in [6.45, 7) is 3.97. The third-order valence-electron chi connectivity index (χ3n) is 4.32. The van der Waals surface area contributed by atoms with Crippen LogP contribution in [0.5, 0.6) is 5.75 Å². The molecule has 1 saturated heterocycles. The molecule has 0 saturated carbocycles. The van der Waals surface area contributed by atoms with Crippen molar-refractivity contribution in [3.05, 3.63) is 54.1 Å². The SMILES string of the molecule is COc1ccc(C)cc1NC(=O)CSC(=Nc1ccccc1)N1CCCC1. The number of amidine groups is 1. The monoisotopic (exact) mass is 383 g/mol. The van der Waals surface area contributed by atoms with E-state index in [1.807, 2.05) is 55.5 Å². The van der Waals surface area contributed by atoms with E-state index in [2.05, 4.69) is 10.2 Å². The average Bonchev–Trinajstić information content (AvgIpc) is 3.21. The zero-order valence-corrected chi connectivity index (χ0v) is 16.6. The minimum Gasteiger partial charge on any atom is -0.495 e. The van der Waals surface area contributed by atoms with Gasteiger partial charge in [0, 0.05) is 13.1 Å². The van der Waals surface area contributed by atoms with Crippen LogP contribution in [0.15, 0.2) is 53.5 Å². The van der Waals surface area contributed by atoms with Gasteiger partial charge in [0.2, 0.25) is 5.91 Å². The molecule has 0 unspecified atom stereocenters. The molecule has 1 heterocycles. The van der Waals surface area contributed by atoms with Gasteiger partial charge in [-0.1, -0.05) is 36.0 Å². The number of aliphatic imine (C=N–C) groups is 1. The highest BCUT2D eigenvalue weighted by Gasteiger charge is 2.18. The van der Waals surface area contributed by atoms with E-state index in [4.69, 9.17) is 9.73 Å². The predicted molar refractivity (Wildman–Crippen MR) is 113 cm³/mol. The number of methoxy groups -OCH3 is 1. The summed E-state index contributed by atoms with van der Waals surface area (Å²) in [4.78, 5) is 19.5. The Morgan fingerprint density at radius 3 is 2.63 bits per heavy atom. The number of benzene rings is 2. The van der Waals surface area contributed by atoms with Crippen LogP contribution in [0.25, 0.3) is 0 Å². The summed E-state index contributed by atoms with van der Waals surface area (Å²) in [5.41, 5.74) is 2.68. The van der Waals surface area contributed by atoms with Crippen molar-refractivity contribution in [1.29, 1.82) is 0 Å². The van der Waals surface area contributed by atoms with Gasteiger partial charge in [0.15, 0.2) is 5.17 Å². The van der Waals surface area contributed by atoms with Gasteiger partial charge in [0.05, 0.1) is 24.2 Å². The summed E-state index contributed by atoms with van der Waals surface area (Å²) in [6.07, 6.45) is 2.34. The first-order chi connectivity index (χ1) is 13.2. The number of rotatable bonds is 5. The number of likely N-dealkylation sites (tertiary alicyclic amines) is 1. The van der Waals surface area contributed by atoms with Gasteiger partial charge in [0.1, 0.15) is 5.75 Å². The minimum atomic E-state index is -0.0659. The van der Waals surface area contributed by atoms with E-state index in [9.17, 15) is 4.79 Å². The van der Waals surface area contributed by atoms with E-state index in [0.29, 0.717) is 17.2 Å². The van der Waals surface area contributed by atoms with E-state index < -0.39 is 0 Å². The van der Waals surface area contributed by atoms with Gasteiger partial charge < -0.3 is 15.0 Å². The van der Waals surface area contributed by atoms with E-state index >= 15 is 0 Å². The van der Waals surface area contributed by atoms with Crippen molar-refractivity contribution in [2.75, 3.05) is 31.3 Å². The Kier molecular flexibility index (Phi) is 6.76. The number of nitrogens with one attached hydrogen (secondary N) is 1. The fraction of sp³-hybridized carbons (Fsp3) is 0.333. The maximum absolute atomic E-state index is 12.5. The number of para-hydroxylation sites is 1. The van der Waals surface area contributed by atoms with Crippen LogP contribution in [0.2, 0.25) is 0 Å². The zero-order valence-electron chi connectivity index (χ0n) is 15.8. The Morgan fingerprint density at radius 1 is 1.19 bits per heavy atom. The maximum atomic E-state index is 12.5. The zero-order chi connectivity index (χ0) is 19.1. The molecule has 2 aromatic rings. The fourth-order valence-corrected chi connectivity index (χ4v) is 3.82. The van der Waals surface area contributed by atoms with Crippen LogP contribution < -0.4 is 10.1 Å². The normalized spacial score (nSPS) is 14.3. The van der Waals surface area contributed by atoms with E-state index in [1.54, 1.807) is 7.11 Å². The van der Waals surface area contributed by atoms with Crippen LogP contribution >= 0.6 is 11.8 Å². The lowest BCUT2D eigenvalue weighted by molar-refractivity contribution is -0.113. The molecule has 1 aliphatic heterocycles. The van der Waals surface area contributed by atoms with E-state index in [-0.39, 0.29) is 5.91 Å². The quantitative estimate of drug-likeness (QED) is 0.612. The first-order valence-electron chi connectivity index (χ1n) is 9.11. The van der Waals surface area contributed by atoms with Gasteiger partial charge in [0.25, 0.3) is 0 Å². The van der Waals surface area contributed by atoms with Gasteiger partial charge in [-0.2, -0.15) is 0 Å². The average molecular weight is 384 g/mol. The standard InChI is InChI=1S/C21H25N3O2S/c1-16-10-11-19(26-2)18(14-16)23-20(25)15-27-21(24-12-6-7-13-24)22-17-8-4-3-5-9-17/h3-5,8-11,14H,6-7,12-13,15H2,1-2H3,(H,23,25). The van der Waals surface area contributed by atoms with Gasteiger partial charge >= 0.3 is 0 Å². The number of carbonyl (C=O) groups excluding carboxylic acids is 1. The molecule has 5 nitrogen and oxygen atoms in total. The summed E-state index contributed by atoms with van der Waals surface area (Å²) in [5, 5.41) is 3.86. The molecule has 0 spiro atoms. The number of nitrogens with zero attached hydrogens (tertiary/aromatic N) is 2. The van der Waals surface area contributed by atoms with Crippen LogP contribution in [0.4, 0.5) is 11.4 Å². The largest absolute Gasteiger partial charge is 0.495 e. The molecule has 0 aromatic heterocycles. The molecular weight excluding hydrogens is 358 g/mol. The number of hydrogen-bond acceptors (Lipinski definition) is 4. The number of amides is 1. The first kappa shape index (κ1) is 19.3. The van der Waals surface area contributed by atoms with Crippen molar-refractivity contribution < 1.29 is 9.53 Å². The number of hydrogen-bond donors (Lipinski definition) is 1. The highest BCUT2D eigenvalue weighted by Crippen LogP contribution is 2.26. The molecule has 1 amide bonds. The van der Waals surface area contributed by atoms with Crippen molar-refractivity contribution in [3.63, 3.8) is 0 Å². The smallest absolute Gasteiger partial charge is 0.234 e. The second-order valence-electron chi connectivity index (χ2n) is 6.46. The topological polar surface area (TPSA) is 53.9 Å². The van der Waals surface area contributed by atoms with Crippen LogP contribution in [0.1, 0.15) is 18.4 Å². The minimum absolute atomic E-state index is 0.0659. The molecular formula is C21H25N3O2S. The van der Waals surface area contributed by atoms with Gasteiger partial charge in [-0.3, -0.25) is 4.79 Å². The van der Waals surface area contributed by atoms with Gasteiger partial charge in [-0.25, -0.2) is 4.99 Å². The summed E-state index contributed by atoms with van der Waals surface area (Å²) >= 11 is 1.48. The summed E-state index contributed by atoms with van der Waals surface area (Å²) in [7, 11) is 1.60. The Balaban J connectivity index is 1.67. The number of carbonyl (C=O) groups is 1. The summed E-state index contributed by atoms with van der Waals surface area (Å²) in [6, 6.07) is 15.6. The molecule has 0 bridgehead atoms. The predicted octanol–water partition coefficient (Wildman–Crippen LogP) is 4.46. The van der Waals surface area contributed by atoms with Gasteiger partial charge in [-0.05, 0) is 49.6 Å². The highest BCUT2D eigenvalue weighted by atomic mass is 32.2. The third kappa shape index (κ3) is 5.50. The van der Waals surface area contributed by atoms with Crippen molar-refractivity contribution in [2.24, 2.45) is 4.99 Å². The summed E-state index contributed by atoms with van der Waals surface area (Å²) in [5.74, 6) is 0.903. The molecule has 1 aliphatic rings. The Morgan fingerprint density at radius 2 is 1.93 bits per heavy atom. The molecule has 3 rings (SSSR count). The molecule has 142 valence electrons. The van der Waals surface area contributed by atoms with E-state index in [0.717, 1.165) is 29.5 Å². The van der Waals surface area contributed by atoms with Crippen molar-refractivity contribution in [3.8, 4) is 5.75 Å².